The number of nitro benzene ring substituents is 1. The van der Waals surface area contributed by atoms with Crippen LogP contribution in [0.1, 0.15) is 0 Å². The third-order valence-electron chi connectivity index (χ3n) is 2.28. The minimum Gasteiger partial charge on any atom is -0.280 e. The molecule has 0 radical (unpaired) electrons. The molecule has 19 heavy (non-hydrogen) atoms. The predicted molar refractivity (Wildman–Crippen MR) is 68.1 cm³/mol. The summed E-state index contributed by atoms with van der Waals surface area (Å²) in [6.45, 7) is 0. The number of nitrogens with one attached hydrogen (secondary N) is 1. The van der Waals surface area contributed by atoms with Crippen molar-refractivity contribution in [3.8, 4) is 0 Å². The van der Waals surface area contributed by atoms with Crippen LogP contribution in [-0.2, 0) is 10.0 Å². The number of hydrogen-bond donors (Lipinski definition) is 1. The highest BCUT2D eigenvalue weighted by atomic mass is 32.2. The topological polar surface area (TPSA) is 102 Å². The van der Waals surface area contributed by atoms with Crippen molar-refractivity contribution in [2.24, 2.45) is 0 Å². The lowest BCUT2D eigenvalue weighted by atomic mass is 10.3. The third-order valence-corrected chi connectivity index (χ3v) is 3.64. The van der Waals surface area contributed by atoms with Crippen molar-refractivity contribution in [1.82, 2.24) is 4.98 Å². The molecule has 98 valence electrons. The molecule has 2 aromatic rings. The van der Waals surface area contributed by atoms with Crippen molar-refractivity contribution < 1.29 is 13.3 Å². The van der Waals surface area contributed by atoms with E-state index in [2.05, 4.69) is 9.71 Å². The highest BCUT2D eigenvalue weighted by molar-refractivity contribution is 7.92. The number of hydrogen-bond acceptors (Lipinski definition) is 5. The average molecular weight is 279 g/mol. The van der Waals surface area contributed by atoms with Crippen LogP contribution in [0.5, 0.6) is 0 Å². The lowest BCUT2D eigenvalue weighted by Gasteiger charge is -2.07. The summed E-state index contributed by atoms with van der Waals surface area (Å²) in [7, 11) is -3.73. The quantitative estimate of drug-likeness (QED) is 0.679. The second-order valence-electron chi connectivity index (χ2n) is 3.60. The maximum atomic E-state index is 11.9. The average Bonchev–Trinajstić information content (AvgIpc) is 2.40. The Morgan fingerprint density at radius 3 is 2.37 bits per heavy atom. The highest BCUT2D eigenvalue weighted by Gasteiger charge is 2.14. The van der Waals surface area contributed by atoms with E-state index in [1.165, 1.54) is 48.8 Å². The molecule has 0 unspecified atom stereocenters. The molecule has 0 bridgehead atoms. The van der Waals surface area contributed by atoms with Crippen LogP contribution in [0.15, 0.2) is 53.7 Å². The fourth-order valence-corrected chi connectivity index (χ4v) is 2.39. The Labute approximate surface area is 109 Å². The molecule has 0 spiro atoms. The van der Waals surface area contributed by atoms with Gasteiger partial charge in [-0.15, -0.1) is 0 Å². The molecule has 1 aromatic heterocycles. The van der Waals surface area contributed by atoms with Crippen molar-refractivity contribution in [1.29, 1.82) is 0 Å². The van der Waals surface area contributed by atoms with Gasteiger partial charge in [0.05, 0.1) is 4.92 Å². The Morgan fingerprint density at radius 2 is 1.84 bits per heavy atom. The third kappa shape index (κ3) is 3.05. The zero-order valence-electron chi connectivity index (χ0n) is 9.55. The molecule has 1 heterocycles. The van der Waals surface area contributed by atoms with Gasteiger partial charge in [0, 0.05) is 30.2 Å². The number of aromatic nitrogens is 1. The summed E-state index contributed by atoms with van der Waals surface area (Å²) < 4.78 is 26.2. The van der Waals surface area contributed by atoms with E-state index in [1.807, 2.05) is 0 Å². The molecule has 0 aliphatic heterocycles. The van der Waals surface area contributed by atoms with Gasteiger partial charge in [-0.25, -0.2) is 8.42 Å². The van der Waals surface area contributed by atoms with Gasteiger partial charge in [0.15, 0.2) is 0 Å². The smallest absolute Gasteiger partial charge is 0.269 e. The molecule has 1 aromatic carbocycles. The molecule has 1 N–H and O–H groups in total. The number of nitro groups is 1. The number of non-ortho nitro benzene ring substituents is 1. The number of rotatable bonds is 4. The van der Waals surface area contributed by atoms with Crippen molar-refractivity contribution >= 4 is 21.4 Å². The van der Waals surface area contributed by atoms with Crippen molar-refractivity contribution in [2.75, 3.05) is 4.72 Å². The molecule has 0 fully saturated rings. The molecule has 0 aliphatic carbocycles. The van der Waals surface area contributed by atoms with Gasteiger partial charge in [0.1, 0.15) is 4.90 Å². The normalized spacial score (nSPS) is 10.9. The van der Waals surface area contributed by atoms with Crippen LogP contribution in [0.2, 0.25) is 0 Å². The second kappa shape index (κ2) is 5.02. The van der Waals surface area contributed by atoms with Crippen LogP contribution >= 0.6 is 0 Å². The molecule has 2 rings (SSSR count). The Hall–Kier alpha value is -2.48. The van der Waals surface area contributed by atoms with E-state index in [4.69, 9.17) is 0 Å². The summed E-state index contributed by atoms with van der Waals surface area (Å²) >= 11 is 0. The van der Waals surface area contributed by atoms with E-state index in [0.717, 1.165) is 0 Å². The first-order valence-electron chi connectivity index (χ1n) is 5.16. The number of benzene rings is 1. The van der Waals surface area contributed by atoms with Crippen LogP contribution in [0.4, 0.5) is 11.4 Å². The fraction of sp³-hybridized carbons (Fsp3) is 0. The first-order chi connectivity index (χ1) is 8.99. The second-order valence-corrected chi connectivity index (χ2v) is 5.28. The first-order valence-corrected chi connectivity index (χ1v) is 6.65. The van der Waals surface area contributed by atoms with Gasteiger partial charge in [-0.2, -0.15) is 0 Å². The van der Waals surface area contributed by atoms with E-state index < -0.39 is 14.9 Å². The molecule has 0 atom stereocenters. The Kier molecular flexibility index (Phi) is 3.43. The summed E-state index contributed by atoms with van der Waals surface area (Å²) in [6.07, 6.45) is 2.68. The number of nitrogens with zero attached hydrogens (tertiary/aromatic N) is 2. The van der Waals surface area contributed by atoms with Crippen LogP contribution in [0.25, 0.3) is 0 Å². The summed E-state index contributed by atoms with van der Waals surface area (Å²) in [4.78, 5) is 13.7. The SMILES string of the molecule is O=[N+]([O-])c1ccc(NS(=O)(=O)c2cccnc2)cc1. The maximum absolute atomic E-state index is 11.9. The van der Waals surface area contributed by atoms with E-state index in [0.29, 0.717) is 0 Å². The molecular formula is C11H9N3O4S. The molecule has 8 heteroatoms. The maximum Gasteiger partial charge on any atom is 0.269 e. The molecular weight excluding hydrogens is 270 g/mol. The van der Waals surface area contributed by atoms with Gasteiger partial charge in [0.2, 0.25) is 0 Å². The zero-order chi connectivity index (χ0) is 13.9. The van der Waals surface area contributed by atoms with Gasteiger partial charge < -0.3 is 0 Å². The molecule has 0 saturated carbocycles. The van der Waals surface area contributed by atoms with Crippen molar-refractivity contribution in [3.05, 3.63) is 58.9 Å². The largest absolute Gasteiger partial charge is 0.280 e. The summed E-state index contributed by atoms with van der Waals surface area (Å²) in [5.74, 6) is 0. The van der Waals surface area contributed by atoms with Crippen LogP contribution in [0, 0.1) is 10.1 Å². The number of sulfonamides is 1. The Morgan fingerprint density at radius 1 is 1.16 bits per heavy atom. The van der Waals surface area contributed by atoms with Gasteiger partial charge in [-0.3, -0.25) is 19.8 Å². The van der Waals surface area contributed by atoms with Crippen LogP contribution < -0.4 is 4.72 Å². The van der Waals surface area contributed by atoms with Crippen molar-refractivity contribution in [2.45, 2.75) is 4.90 Å². The van der Waals surface area contributed by atoms with Gasteiger partial charge in [0.25, 0.3) is 15.7 Å². The monoisotopic (exact) mass is 279 g/mol. The van der Waals surface area contributed by atoms with Crippen molar-refractivity contribution in [3.63, 3.8) is 0 Å². The standard InChI is InChI=1S/C11H9N3O4S/c15-14(16)10-5-3-9(4-6-10)13-19(17,18)11-2-1-7-12-8-11/h1-8,13H. The minimum atomic E-state index is -3.73. The first kappa shape index (κ1) is 13.0. The van der Waals surface area contributed by atoms with Gasteiger partial charge >= 0.3 is 0 Å². The minimum absolute atomic E-state index is 0.0216. The summed E-state index contributed by atoms with van der Waals surface area (Å²) in [5.41, 5.74) is 0.138. The van der Waals surface area contributed by atoms with E-state index >= 15 is 0 Å². The summed E-state index contributed by atoms with van der Waals surface area (Å²) in [5, 5.41) is 10.5. The van der Waals surface area contributed by atoms with Gasteiger partial charge in [-0.05, 0) is 24.3 Å². The van der Waals surface area contributed by atoms with Crippen LogP contribution in [-0.4, -0.2) is 18.3 Å². The van der Waals surface area contributed by atoms with E-state index in [-0.39, 0.29) is 16.3 Å². The van der Waals surface area contributed by atoms with E-state index in [1.54, 1.807) is 0 Å². The van der Waals surface area contributed by atoms with Crippen LogP contribution in [0.3, 0.4) is 0 Å². The van der Waals surface area contributed by atoms with Gasteiger partial charge in [-0.1, -0.05) is 0 Å². The fourth-order valence-electron chi connectivity index (χ4n) is 1.37. The number of pyridine rings is 1. The van der Waals surface area contributed by atoms with E-state index in [9.17, 15) is 18.5 Å². The molecule has 0 aliphatic rings. The zero-order valence-corrected chi connectivity index (χ0v) is 10.4. The highest BCUT2D eigenvalue weighted by Crippen LogP contribution is 2.18. The molecule has 0 amide bonds. The Bertz CT molecular complexity index is 684. The predicted octanol–water partition coefficient (Wildman–Crippen LogP) is 1.79. The Balaban J connectivity index is 2.24. The molecule has 0 saturated heterocycles. The summed E-state index contributed by atoms with van der Waals surface area (Å²) in [6, 6.07) is 8.01. The molecule has 7 nitrogen and oxygen atoms in total. The lowest BCUT2D eigenvalue weighted by Crippen LogP contribution is -2.12. The number of anilines is 1. The lowest BCUT2D eigenvalue weighted by molar-refractivity contribution is -0.384.